The van der Waals surface area contributed by atoms with E-state index < -0.39 is 0 Å². The highest BCUT2D eigenvalue weighted by molar-refractivity contribution is 7.99. The number of benzene rings is 1. The molecule has 6 heteroatoms. The molecule has 0 aliphatic rings. The summed E-state index contributed by atoms with van der Waals surface area (Å²) in [6, 6.07) is 18.2. The quantitative estimate of drug-likeness (QED) is 0.511. The lowest BCUT2D eigenvalue weighted by Gasteiger charge is -2.12. The van der Waals surface area contributed by atoms with Crippen molar-refractivity contribution in [2.75, 3.05) is 23.8 Å². The Balaban J connectivity index is 1.82. The number of nitrogens with one attached hydrogen (secondary N) is 2. The molecule has 0 aliphatic carbocycles. The Morgan fingerprint density at radius 3 is 2.50 bits per heavy atom. The number of pyridine rings is 2. The van der Waals surface area contributed by atoms with Crippen molar-refractivity contribution in [3.8, 4) is 0 Å². The van der Waals surface area contributed by atoms with E-state index in [-0.39, 0.29) is 6.61 Å². The number of anilines is 3. The van der Waals surface area contributed by atoms with Gasteiger partial charge < -0.3 is 15.7 Å². The summed E-state index contributed by atoms with van der Waals surface area (Å²) >= 11 is 1.68. The number of rotatable bonds is 8. The summed E-state index contributed by atoms with van der Waals surface area (Å²) in [7, 11) is 0. The smallest absolute Gasteiger partial charge is 0.135 e. The molecule has 0 unspecified atom stereocenters. The third kappa shape index (κ3) is 5.47. The zero-order valence-electron chi connectivity index (χ0n) is 14.6. The number of aromatic nitrogens is 2. The first-order valence-corrected chi connectivity index (χ1v) is 9.34. The van der Waals surface area contributed by atoms with Crippen molar-refractivity contribution in [1.82, 2.24) is 9.97 Å². The van der Waals surface area contributed by atoms with Gasteiger partial charge in [-0.1, -0.05) is 36.0 Å². The lowest BCUT2D eigenvalue weighted by molar-refractivity contribution is 0.292. The fourth-order valence-corrected chi connectivity index (χ4v) is 3.22. The molecule has 3 rings (SSSR count). The monoisotopic (exact) mass is 366 g/mol. The van der Waals surface area contributed by atoms with Crippen LogP contribution in [0, 0.1) is 6.92 Å². The summed E-state index contributed by atoms with van der Waals surface area (Å²) < 4.78 is 0. The van der Waals surface area contributed by atoms with Crippen molar-refractivity contribution < 1.29 is 5.11 Å². The zero-order chi connectivity index (χ0) is 18.2. The Morgan fingerprint density at radius 2 is 1.77 bits per heavy atom. The van der Waals surface area contributed by atoms with Gasteiger partial charge in [-0.3, -0.25) is 0 Å². The Labute approximate surface area is 157 Å². The van der Waals surface area contributed by atoms with E-state index in [1.165, 1.54) is 4.90 Å². The van der Waals surface area contributed by atoms with Gasteiger partial charge in [0.1, 0.15) is 17.5 Å². The molecule has 0 fully saturated rings. The van der Waals surface area contributed by atoms with Gasteiger partial charge in [0, 0.05) is 29.1 Å². The molecule has 5 nitrogen and oxygen atoms in total. The Kier molecular flexibility index (Phi) is 6.46. The number of hydrogen-bond acceptors (Lipinski definition) is 6. The van der Waals surface area contributed by atoms with E-state index in [0.29, 0.717) is 13.0 Å². The maximum absolute atomic E-state index is 8.98. The highest BCUT2D eigenvalue weighted by Gasteiger charge is 2.06. The maximum atomic E-state index is 8.98. The molecule has 2 aromatic heterocycles. The lowest BCUT2D eigenvalue weighted by atomic mass is 10.3. The molecule has 0 aliphatic heterocycles. The third-order valence-electron chi connectivity index (χ3n) is 3.59. The van der Waals surface area contributed by atoms with Gasteiger partial charge in [-0.05, 0) is 49.2 Å². The van der Waals surface area contributed by atoms with E-state index in [2.05, 4.69) is 32.7 Å². The topological polar surface area (TPSA) is 70.1 Å². The average Bonchev–Trinajstić information content (AvgIpc) is 2.65. The largest absolute Gasteiger partial charge is 0.396 e. The number of aryl methyl sites for hydroxylation is 1. The number of aliphatic hydroxyl groups excluding tert-OH is 1. The standard InChI is InChI=1S/C20H22N4OS/c1-15-8-9-18(22-14-15)23-20-13-17(26-16-6-3-2-4-7-16)12-19(24-20)21-10-5-11-25/h2-4,6-9,12-14,25H,5,10-11H2,1H3,(H2,21,22,23,24). The molecule has 3 aromatic rings. The van der Waals surface area contributed by atoms with E-state index in [4.69, 9.17) is 5.11 Å². The molecule has 0 radical (unpaired) electrons. The van der Waals surface area contributed by atoms with Crippen LogP contribution >= 0.6 is 11.8 Å². The lowest BCUT2D eigenvalue weighted by Crippen LogP contribution is -2.06. The van der Waals surface area contributed by atoms with Crippen molar-refractivity contribution in [2.45, 2.75) is 23.1 Å². The van der Waals surface area contributed by atoms with Crippen LogP contribution in [-0.2, 0) is 0 Å². The zero-order valence-corrected chi connectivity index (χ0v) is 15.5. The first kappa shape index (κ1) is 18.2. The fourth-order valence-electron chi connectivity index (χ4n) is 2.31. The minimum atomic E-state index is 0.157. The molecular formula is C20H22N4OS. The van der Waals surface area contributed by atoms with Gasteiger partial charge in [0.15, 0.2) is 0 Å². The van der Waals surface area contributed by atoms with Crippen LogP contribution in [0.4, 0.5) is 17.5 Å². The van der Waals surface area contributed by atoms with Crippen LogP contribution in [-0.4, -0.2) is 28.2 Å². The summed E-state index contributed by atoms with van der Waals surface area (Å²) in [5.74, 6) is 2.26. The van der Waals surface area contributed by atoms with Crippen LogP contribution in [0.25, 0.3) is 0 Å². The molecule has 0 saturated carbocycles. The predicted octanol–water partition coefficient (Wildman–Crippen LogP) is 4.47. The minimum Gasteiger partial charge on any atom is -0.396 e. The van der Waals surface area contributed by atoms with E-state index in [1.54, 1.807) is 11.8 Å². The number of nitrogens with zero attached hydrogens (tertiary/aromatic N) is 2. The minimum absolute atomic E-state index is 0.157. The van der Waals surface area contributed by atoms with Gasteiger partial charge >= 0.3 is 0 Å². The summed E-state index contributed by atoms with van der Waals surface area (Å²) in [5, 5.41) is 15.5. The van der Waals surface area contributed by atoms with E-state index in [9.17, 15) is 0 Å². The molecular weight excluding hydrogens is 344 g/mol. The van der Waals surface area contributed by atoms with Gasteiger partial charge in [0.05, 0.1) is 0 Å². The molecule has 0 amide bonds. The molecule has 1 aromatic carbocycles. The second kappa shape index (κ2) is 9.22. The number of hydrogen-bond donors (Lipinski definition) is 3. The summed E-state index contributed by atoms with van der Waals surface area (Å²) in [6.07, 6.45) is 2.51. The van der Waals surface area contributed by atoms with E-state index in [0.717, 1.165) is 27.9 Å². The molecule has 0 spiro atoms. The van der Waals surface area contributed by atoms with Crippen LogP contribution in [0.3, 0.4) is 0 Å². The molecule has 0 atom stereocenters. The Hall–Kier alpha value is -2.57. The van der Waals surface area contributed by atoms with E-state index in [1.807, 2.05) is 55.6 Å². The van der Waals surface area contributed by atoms with Crippen molar-refractivity contribution in [1.29, 1.82) is 0 Å². The van der Waals surface area contributed by atoms with Crippen molar-refractivity contribution in [3.63, 3.8) is 0 Å². The molecule has 2 heterocycles. The van der Waals surface area contributed by atoms with Crippen LogP contribution in [0.5, 0.6) is 0 Å². The van der Waals surface area contributed by atoms with Crippen molar-refractivity contribution in [3.05, 3.63) is 66.4 Å². The molecule has 26 heavy (non-hydrogen) atoms. The van der Waals surface area contributed by atoms with Crippen molar-refractivity contribution in [2.24, 2.45) is 0 Å². The van der Waals surface area contributed by atoms with Crippen molar-refractivity contribution >= 4 is 29.2 Å². The van der Waals surface area contributed by atoms with E-state index >= 15 is 0 Å². The highest BCUT2D eigenvalue weighted by Crippen LogP contribution is 2.31. The van der Waals surface area contributed by atoms with Crippen LogP contribution < -0.4 is 10.6 Å². The highest BCUT2D eigenvalue weighted by atomic mass is 32.2. The summed E-state index contributed by atoms with van der Waals surface area (Å²) in [4.78, 5) is 11.2. The summed E-state index contributed by atoms with van der Waals surface area (Å²) in [5.41, 5.74) is 1.11. The van der Waals surface area contributed by atoms with Crippen LogP contribution in [0.15, 0.2) is 70.6 Å². The average molecular weight is 366 g/mol. The first-order chi connectivity index (χ1) is 12.7. The molecule has 0 saturated heterocycles. The molecule has 0 bridgehead atoms. The second-order valence-corrected chi connectivity index (χ2v) is 6.99. The molecule has 134 valence electrons. The normalized spacial score (nSPS) is 10.5. The van der Waals surface area contributed by atoms with Gasteiger partial charge in [-0.15, -0.1) is 0 Å². The van der Waals surface area contributed by atoms with Crippen LogP contribution in [0.1, 0.15) is 12.0 Å². The first-order valence-electron chi connectivity index (χ1n) is 8.52. The second-order valence-electron chi connectivity index (χ2n) is 5.84. The van der Waals surface area contributed by atoms with Gasteiger partial charge in [-0.25, -0.2) is 9.97 Å². The fraction of sp³-hybridized carbons (Fsp3) is 0.200. The van der Waals surface area contributed by atoms with Crippen LogP contribution in [0.2, 0.25) is 0 Å². The van der Waals surface area contributed by atoms with Gasteiger partial charge in [0.25, 0.3) is 0 Å². The third-order valence-corrected chi connectivity index (χ3v) is 4.57. The summed E-state index contributed by atoms with van der Waals surface area (Å²) in [6.45, 7) is 2.84. The Bertz CT molecular complexity index is 825. The SMILES string of the molecule is Cc1ccc(Nc2cc(Sc3ccccc3)cc(NCCCO)n2)nc1. The van der Waals surface area contributed by atoms with Gasteiger partial charge in [-0.2, -0.15) is 0 Å². The predicted molar refractivity (Wildman–Crippen MR) is 107 cm³/mol. The Morgan fingerprint density at radius 1 is 0.962 bits per heavy atom. The van der Waals surface area contributed by atoms with Gasteiger partial charge in [0.2, 0.25) is 0 Å². The molecule has 3 N–H and O–H groups in total. The number of aliphatic hydroxyl groups is 1. The maximum Gasteiger partial charge on any atom is 0.135 e.